The van der Waals surface area contributed by atoms with Crippen molar-refractivity contribution < 1.29 is 33.5 Å². The van der Waals surface area contributed by atoms with Crippen molar-refractivity contribution in [3.63, 3.8) is 0 Å². The summed E-state index contributed by atoms with van der Waals surface area (Å²) in [5.74, 6) is -2.16. The van der Waals surface area contributed by atoms with Crippen molar-refractivity contribution in [1.29, 1.82) is 0 Å². The zero-order valence-electron chi connectivity index (χ0n) is 28.7. The number of nitrogens with one attached hydrogen (secondary N) is 4. The Balaban J connectivity index is 1.46. The van der Waals surface area contributed by atoms with Crippen molar-refractivity contribution in [3.8, 4) is 0 Å². The normalized spacial score (nSPS) is 25.3. The number of urea groups is 1. The van der Waals surface area contributed by atoms with Gasteiger partial charge in [0.15, 0.2) is 0 Å². The molecule has 6 N–H and O–H groups in total. The SMILES string of the molecule is CC(C)(C)[C@H](NC(=O)N[C@H](COC(=O)NCC1CC1)C(C)(C)C)C(=O)N1C[C@H]2[C@@H]([C@H]1C(=O)NC(CC1CC1)C(=O)C(N)=O)C2(C)C. The molecule has 258 valence electrons. The first-order chi connectivity index (χ1) is 21.2. The Hall–Kier alpha value is -3.38. The number of ketones is 1. The van der Waals surface area contributed by atoms with Gasteiger partial charge in [0.25, 0.3) is 5.91 Å². The molecular formula is C33H54N6O7. The minimum Gasteiger partial charge on any atom is -0.447 e. The summed E-state index contributed by atoms with van der Waals surface area (Å²) in [5.41, 5.74) is 3.90. The van der Waals surface area contributed by atoms with Crippen LogP contribution in [0.2, 0.25) is 0 Å². The number of carbonyl (C=O) groups is 6. The van der Waals surface area contributed by atoms with Crippen LogP contribution in [0.4, 0.5) is 9.59 Å². The molecule has 13 nitrogen and oxygen atoms in total. The highest BCUT2D eigenvalue weighted by Gasteiger charge is 2.70. The maximum absolute atomic E-state index is 14.2. The molecule has 1 aliphatic heterocycles. The fourth-order valence-corrected chi connectivity index (χ4v) is 6.57. The van der Waals surface area contributed by atoms with Gasteiger partial charge in [-0.25, -0.2) is 9.59 Å². The Bertz CT molecular complexity index is 1230. The van der Waals surface area contributed by atoms with E-state index in [1.807, 2.05) is 41.5 Å². The van der Waals surface area contributed by atoms with E-state index >= 15 is 0 Å². The van der Waals surface area contributed by atoms with E-state index in [1.165, 1.54) is 4.90 Å². The van der Waals surface area contributed by atoms with Gasteiger partial charge < -0.3 is 36.6 Å². The minimum absolute atomic E-state index is 0.0551. The number of alkyl carbamates (subject to hydrolysis) is 1. The summed E-state index contributed by atoms with van der Waals surface area (Å²) >= 11 is 0. The molecule has 1 saturated heterocycles. The summed E-state index contributed by atoms with van der Waals surface area (Å²) in [6.07, 6.45) is 3.82. The van der Waals surface area contributed by atoms with Gasteiger partial charge in [-0.15, -0.1) is 0 Å². The van der Waals surface area contributed by atoms with Crippen molar-refractivity contribution in [1.82, 2.24) is 26.2 Å². The van der Waals surface area contributed by atoms with E-state index in [0.29, 0.717) is 25.4 Å². The molecule has 4 fully saturated rings. The number of Topliss-reactive ketones (excluding diaryl/α,β-unsaturated/α-hetero) is 1. The lowest BCUT2D eigenvalue weighted by Crippen LogP contribution is -2.62. The van der Waals surface area contributed by atoms with Gasteiger partial charge in [0.2, 0.25) is 17.6 Å². The summed E-state index contributed by atoms with van der Waals surface area (Å²) in [5, 5.41) is 11.3. The number of hydrogen-bond acceptors (Lipinski definition) is 7. The van der Waals surface area contributed by atoms with E-state index in [0.717, 1.165) is 25.7 Å². The summed E-state index contributed by atoms with van der Waals surface area (Å²) in [6, 6.07) is -4.06. The number of amides is 6. The zero-order chi connectivity index (χ0) is 34.4. The molecule has 0 aromatic rings. The van der Waals surface area contributed by atoms with Crippen molar-refractivity contribution >= 4 is 35.6 Å². The number of nitrogens with two attached hydrogens (primary N) is 1. The van der Waals surface area contributed by atoms with Crippen molar-refractivity contribution in [2.24, 2.45) is 45.7 Å². The van der Waals surface area contributed by atoms with Crippen LogP contribution in [-0.4, -0.2) is 84.4 Å². The topological polar surface area (TPSA) is 189 Å². The molecule has 4 aliphatic rings. The Morgan fingerprint density at radius 2 is 1.50 bits per heavy atom. The quantitative estimate of drug-likeness (QED) is 0.189. The molecule has 6 amide bonds. The first kappa shape index (κ1) is 35.5. The molecule has 0 spiro atoms. The number of piperidine rings is 1. The first-order valence-corrected chi connectivity index (χ1v) is 16.6. The monoisotopic (exact) mass is 646 g/mol. The number of hydrogen-bond donors (Lipinski definition) is 5. The van der Waals surface area contributed by atoms with Gasteiger partial charge in [-0.2, -0.15) is 0 Å². The first-order valence-electron chi connectivity index (χ1n) is 16.6. The van der Waals surface area contributed by atoms with Crippen LogP contribution in [-0.2, 0) is 23.9 Å². The van der Waals surface area contributed by atoms with Gasteiger partial charge in [0, 0.05) is 13.1 Å². The van der Waals surface area contributed by atoms with E-state index in [9.17, 15) is 28.8 Å². The Kier molecular flexibility index (Phi) is 10.0. The molecule has 1 heterocycles. The second-order valence-corrected chi connectivity index (χ2v) is 16.6. The van der Waals surface area contributed by atoms with Crippen LogP contribution in [0.15, 0.2) is 0 Å². The number of primary amides is 1. The molecule has 0 radical (unpaired) electrons. The molecule has 13 heteroatoms. The number of carbonyl (C=O) groups excluding carboxylic acids is 6. The summed E-state index contributed by atoms with van der Waals surface area (Å²) in [4.78, 5) is 79.6. The highest BCUT2D eigenvalue weighted by molar-refractivity contribution is 6.37. The molecular weight excluding hydrogens is 592 g/mol. The molecule has 3 saturated carbocycles. The number of fused-ring (bicyclic) bond motifs is 1. The molecule has 0 bridgehead atoms. The van der Waals surface area contributed by atoms with Crippen molar-refractivity contribution in [2.75, 3.05) is 19.7 Å². The lowest BCUT2D eigenvalue weighted by Gasteiger charge is -2.38. The minimum atomic E-state index is -1.10. The average Bonchev–Trinajstić information content (AvgIpc) is 3.89. The lowest BCUT2D eigenvalue weighted by molar-refractivity contribution is -0.145. The van der Waals surface area contributed by atoms with Crippen molar-refractivity contribution in [3.05, 3.63) is 0 Å². The van der Waals surface area contributed by atoms with Gasteiger partial charge in [-0.05, 0) is 59.2 Å². The second kappa shape index (κ2) is 13.0. The molecule has 46 heavy (non-hydrogen) atoms. The largest absolute Gasteiger partial charge is 0.447 e. The average molecular weight is 647 g/mol. The van der Waals surface area contributed by atoms with Crippen LogP contribution >= 0.6 is 0 Å². The maximum atomic E-state index is 14.2. The van der Waals surface area contributed by atoms with Crippen molar-refractivity contribution in [2.45, 2.75) is 112 Å². The highest BCUT2D eigenvalue weighted by Crippen LogP contribution is 2.65. The predicted octanol–water partition coefficient (Wildman–Crippen LogP) is 2.07. The van der Waals surface area contributed by atoms with Crippen LogP contribution in [0.25, 0.3) is 0 Å². The lowest BCUT2D eigenvalue weighted by atomic mass is 9.85. The Labute approximate surface area is 272 Å². The van der Waals surface area contributed by atoms with Crippen LogP contribution in [0.1, 0.15) is 87.5 Å². The number of rotatable bonds is 13. The third-order valence-corrected chi connectivity index (χ3v) is 10.3. The summed E-state index contributed by atoms with van der Waals surface area (Å²) in [7, 11) is 0. The van der Waals surface area contributed by atoms with Gasteiger partial charge in [0.1, 0.15) is 18.7 Å². The van der Waals surface area contributed by atoms with Crippen LogP contribution in [0.3, 0.4) is 0 Å². The predicted molar refractivity (Wildman–Crippen MR) is 170 cm³/mol. The fraction of sp³-hybridized carbons (Fsp3) is 0.818. The number of likely N-dealkylation sites (tertiary alicyclic amines) is 1. The number of ether oxygens (including phenoxy) is 1. The van der Waals surface area contributed by atoms with Crippen LogP contribution in [0, 0.1) is 39.9 Å². The zero-order valence-corrected chi connectivity index (χ0v) is 28.7. The van der Waals surface area contributed by atoms with Crippen LogP contribution in [0.5, 0.6) is 0 Å². The Morgan fingerprint density at radius 1 is 0.891 bits per heavy atom. The molecule has 3 aliphatic carbocycles. The molecule has 6 atom stereocenters. The Morgan fingerprint density at radius 3 is 2.02 bits per heavy atom. The van der Waals surface area contributed by atoms with E-state index in [-0.39, 0.29) is 29.8 Å². The third-order valence-electron chi connectivity index (χ3n) is 10.3. The third kappa shape index (κ3) is 8.50. The van der Waals surface area contributed by atoms with Gasteiger partial charge in [-0.1, -0.05) is 68.2 Å². The molecule has 4 rings (SSSR count). The van der Waals surface area contributed by atoms with Gasteiger partial charge in [0.05, 0.1) is 12.1 Å². The summed E-state index contributed by atoms with van der Waals surface area (Å²) < 4.78 is 5.41. The van der Waals surface area contributed by atoms with Gasteiger partial charge >= 0.3 is 12.1 Å². The maximum Gasteiger partial charge on any atom is 0.407 e. The molecule has 0 aromatic heterocycles. The van der Waals surface area contributed by atoms with Gasteiger partial charge in [-0.3, -0.25) is 19.2 Å². The second-order valence-electron chi connectivity index (χ2n) is 16.6. The molecule has 0 aromatic carbocycles. The standard InChI is InChI=1S/C33H54N6O7/c1-31(2,3)21(16-46-30(45)35-14-18-11-12-18)37-29(44)38-25(32(4,5)6)28(43)39-15-19-22(33(19,7)8)23(39)27(42)36-20(13-17-9-10-17)24(40)26(34)41/h17-23,25H,9-16H2,1-8H3,(H2,34,41)(H,35,45)(H,36,42)(H2,37,38,44)/t19-,20?,21+,22-,23-,25+/m0/s1. The van der Waals surface area contributed by atoms with E-state index in [2.05, 4.69) is 35.1 Å². The van der Waals surface area contributed by atoms with E-state index < -0.39 is 70.6 Å². The highest BCUT2D eigenvalue weighted by atomic mass is 16.5. The molecule has 1 unspecified atom stereocenters. The summed E-state index contributed by atoms with van der Waals surface area (Å²) in [6.45, 7) is 16.2. The van der Waals surface area contributed by atoms with Crippen LogP contribution < -0.4 is 27.0 Å². The fourth-order valence-electron chi connectivity index (χ4n) is 6.57. The smallest absolute Gasteiger partial charge is 0.407 e. The number of nitrogens with zero attached hydrogens (tertiary/aromatic N) is 1. The van der Waals surface area contributed by atoms with E-state index in [4.69, 9.17) is 10.5 Å². The van der Waals surface area contributed by atoms with E-state index in [1.54, 1.807) is 0 Å².